The third-order valence-electron chi connectivity index (χ3n) is 4.96. The molecule has 0 fully saturated rings. The first kappa shape index (κ1) is 22.5. The lowest BCUT2D eigenvalue weighted by atomic mass is 10.0. The lowest BCUT2D eigenvalue weighted by Crippen LogP contribution is -2.17. The largest absolute Gasteiger partial charge is 0.493 e. The molecule has 0 heterocycles. The quantitative estimate of drug-likeness (QED) is 0.243. The van der Waals surface area contributed by atoms with Crippen LogP contribution < -0.4 is 14.9 Å². The summed E-state index contributed by atoms with van der Waals surface area (Å²) < 4.78 is 25.1. The number of carbonyl (C=O) groups is 1. The Labute approximate surface area is 199 Å². The van der Waals surface area contributed by atoms with Crippen LogP contribution in [-0.4, -0.2) is 19.2 Å². The van der Waals surface area contributed by atoms with Gasteiger partial charge in [-0.15, -0.1) is 0 Å². The van der Waals surface area contributed by atoms with Gasteiger partial charge in [0.2, 0.25) is 0 Å². The highest BCUT2D eigenvalue weighted by atomic mass is 79.9. The summed E-state index contributed by atoms with van der Waals surface area (Å²) in [5.74, 6) is 0.411. The van der Waals surface area contributed by atoms with Crippen LogP contribution in [0.1, 0.15) is 21.5 Å². The van der Waals surface area contributed by atoms with Crippen LogP contribution in [0.4, 0.5) is 4.39 Å². The minimum atomic E-state index is -0.298. The van der Waals surface area contributed by atoms with E-state index in [0.717, 1.165) is 16.3 Å². The lowest BCUT2D eigenvalue weighted by molar-refractivity contribution is 0.0957. The summed E-state index contributed by atoms with van der Waals surface area (Å²) >= 11 is 3.49. The molecule has 4 aromatic carbocycles. The zero-order valence-corrected chi connectivity index (χ0v) is 19.3. The summed E-state index contributed by atoms with van der Waals surface area (Å²) in [6.07, 6.45) is 1.53. The SMILES string of the molecule is COc1cc(/C=N\NC(=O)c2cccc3ccccc23)cc(Br)c1OCc1ccc(F)cc1. The molecule has 0 saturated carbocycles. The van der Waals surface area contributed by atoms with E-state index in [1.165, 1.54) is 25.5 Å². The molecule has 4 aromatic rings. The molecule has 0 aliphatic rings. The summed E-state index contributed by atoms with van der Waals surface area (Å²) in [7, 11) is 1.54. The van der Waals surface area contributed by atoms with Crippen molar-refractivity contribution in [1.82, 2.24) is 5.43 Å². The van der Waals surface area contributed by atoms with Gasteiger partial charge >= 0.3 is 0 Å². The highest BCUT2D eigenvalue weighted by Gasteiger charge is 2.12. The second-order valence-electron chi connectivity index (χ2n) is 7.18. The number of ether oxygens (including phenoxy) is 2. The summed E-state index contributed by atoms with van der Waals surface area (Å²) in [4.78, 5) is 12.6. The average molecular weight is 507 g/mol. The maximum Gasteiger partial charge on any atom is 0.271 e. The van der Waals surface area contributed by atoms with Crippen molar-refractivity contribution in [2.24, 2.45) is 5.10 Å². The van der Waals surface area contributed by atoms with Crippen LogP contribution in [0.5, 0.6) is 11.5 Å². The number of nitrogens with zero attached hydrogens (tertiary/aromatic N) is 1. The first-order valence-corrected chi connectivity index (χ1v) is 10.9. The molecule has 0 unspecified atom stereocenters. The van der Waals surface area contributed by atoms with Crippen molar-refractivity contribution in [2.75, 3.05) is 7.11 Å². The van der Waals surface area contributed by atoms with Gasteiger partial charge in [-0.25, -0.2) is 9.82 Å². The van der Waals surface area contributed by atoms with Gasteiger partial charge in [0, 0.05) is 5.56 Å². The molecular weight excluding hydrogens is 487 g/mol. The fraction of sp³-hybridized carbons (Fsp3) is 0.0769. The minimum absolute atomic E-state index is 0.254. The van der Waals surface area contributed by atoms with Gasteiger partial charge in [-0.05, 0) is 68.2 Å². The second-order valence-corrected chi connectivity index (χ2v) is 8.03. The number of rotatable bonds is 7. The smallest absolute Gasteiger partial charge is 0.271 e. The van der Waals surface area contributed by atoms with E-state index in [1.807, 2.05) is 36.4 Å². The number of hydrogen-bond acceptors (Lipinski definition) is 4. The molecule has 1 N–H and O–H groups in total. The molecule has 0 radical (unpaired) electrons. The molecule has 0 atom stereocenters. The molecule has 7 heteroatoms. The fourth-order valence-corrected chi connectivity index (χ4v) is 3.91. The highest BCUT2D eigenvalue weighted by Crippen LogP contribution is 2.36. The molecular formula is C26H20BrFN2O3. The van der Waals surface area contributed by atoms with Gasteiger partial charge in [-0.1, -0.05) is 48.5 Å². The van der Waals surface area contributed by atoms with Crippen LogP contribution >= 0.6 is 15.9 Å². The summed E-state index contributed by atoms with van der Waals surface area (Å²) in [6, 6.07) is 22.9. The monoisotopic (exact) mass is 506 g/mol. The molecule has 0 aliphatic carbocycles. The Balaban J connectivity index is 1.47. The van der Waals surface area contributed by atoms with Gasteiger partial charge in [0.25, 0.3) is 5.91 Å². The van der Waals surface area contributed by atoms with Crippen LogP contribution in [0, 0.1) is 5.82 Å². The number of halogens is 2. The molecule has 1 amide bonds. The molecule has 0 bridgehead atoms. The molecule has 0 aliphatic heterocycles. The first-order valence-electron chi connectivity index (χ1n) is 10.1. The number of amides is 1. The molecule has 33 heavy (non-hydrogen) atoms. The zero-order chi connectivity index (χ0) is 23.2. The van der Waals surface area contributed by atoms with Gasteiger partial charge in [0.15, 0.2) is 11.5 Å². The topological polar surface area (TPSA) is 59.9 Å². The van der Waals surface area contributed by atoms with Crippen molar-refractivity contribution >= 4 is 38.8 Å². The van der Waals surface area contributed by atoms with Crippen molar-refractivity contribution in [3.63, 3.8) is 0 Å². The lowest BCUT2D eigenvalue weighted by Gasteiger charge is -2.13. The molecule has 0 spiro atoms. The standard InChI is InChI=1S/C26H20BrFN2O3/c1-32-24-14-18(13-23(27)25(24)33-16-17-9-11-20(28)12-10-17)15-29-30-26(31)22-8-4-6-19-5-2-3-7-21(19)22/h2-15H,16H2,1H3,(H,30,31)/b29-15-. The van der Waals surface area contributed by atoms with Gasteiger partial charge in [-0.2, -0.15) is 5.10 Å². The first-order chi connectivity index (χ1) is 16.0. The Morgan fingerprint density at radius 1 is 1.06 bits per heavy atom. The predicted molar refractivity (Wildman–Crippen MR) is 130 cm³/mol. The van der Waals surface area contributed by atoms with Crippen molar-refractivity contribution in [2.45, 2.75) is 6.61 Å². The van der Waals surface area contributed by atoms with E-state index in [1.54, 1.807) is 30.3 Å². The van der Waals surface area contributed by atoms with Gasteiger partial charge in [-0.3, -0.25) is 4.79 Å². The summed E-state index contributed by atoms with van der Waals surface area (Å²) in [5.41, 5.74) is 4.65. The van der Waals surface area contributed by atoms with E-state index in [2.05, 4.69) is 26.5 Å². The van der Waals surface area contributed by atoms with Gasteiger partial charge in [0.05, 0.1) is 17.8 Å². The Morgan fingerprint density at radius 2 is 1.82 bits per heavy atom. The number of hydrazone groups is 1. The Kier molecular flexibility index (Phi) is 7.00. The number of nitrogens with one attached hydrogen (secondary N) is 1. The summed E-state index contributed by atoms with van der Waals surface area (Å²) in [5, 5.41) is 5.94. The summed E-state index contributed by atoms with van der Waals surface area (Å²) in [6.45, 7) is 0.254. The Hall–Kier alpha value is -3.71. The number of carbonyl (C=O) groups excluding carboxylic acids is 1. The van der Waals surface area contributed by atoms with Crippen molar-refractivity contribution in [3.05, 3.63) is 106 Å². The van der Waals surface area contributed by atoms with Crippen LogP contribution in [0.2, 0.25) is 0 Å². The van der Waals surface area contributed by atoms with E-state index in [9.17, 15) is 9.18 Å². The molecule has 5 nitrogen and oxygen atoms in total. The molecule has 4 rings (SSSR count). The normalized spacial score (nSPS) is 11.0. The molecule has 0 aromatic heterocycles. The third-order valence-corrected chi connectivity index (χ3v) is 5.55. The maximum atomic E-state index is 13.1. The number of fused-ring (bicyclic) bond motifs is 1. The highest BCUT2D eigenvalue weighted by molar-refractivity contribution is 9.10. The fourth-order valence-electron chi connectivity index (χ4n) is 3.34. The van der Waals surface area contributed by atoms with E-state index in [4.69, 9.17) is 9.47 Å². The Morgan fingerprint density at radius 3 is 2.61 bits per heavy atom. The second kappa shape index (κ2) is 10.3. The van der Waals surface area contributed by atoms with Crippen molar-refractivity contribution < 1.29 is 18.7 Å². The van der Waals surface area contributed by atoms with Crippen LogP contribution in [0.25, 0.3) is 10.8 Å². The minimum Gasteiger partial charge on any atom is -0.493 e. The third kappa shape index (κ3) is 5.38. The Bertz CT molecular complexity index is 1320. The van der Waals surface area contributed by atoms with Crippen LogP contribution in [0.3, 0.4) is 0 Å². The molecule has 0 saturated heterocycles. The van der Waals surface area contributed by atoms with Crippen molar-refractivity contribution in [1.29, 1.82) is 0 Å². The van der Waals surface area contributed by atoms with Gasteiger partial charge < -0.3 is 9.47 Å². The maximum absolute atomic E-state index is 13.1. The van der Waals surface area contributed by atoms with E-state index < -0.39 is 0 Å². The van der Waals surface area contributed by atoms with Crippen LogP contribution in [-0.2, 0) is 6.61 Å². The number of benzene rings is 4. The van der Waals surface area contributed by atoms with E-state index in [-0.39, 0.29) is 18.3 Å². The number of hydrogen-bond donors (Lipinski definition) is 1. The van der Waals surface area contributed by atoms with Gasteiger partial charge in [0.1, 0.15) is 12.4 Å². The zero-order valence-electron chi connectivity index (χ0n) is 17.7. The van der Waals surface area contributed by atoms with Crippen LogP contribution in [0.15, 0.2) is 88.4 Å². The van der Waals surface area contributed by atoms with Crippen molar-refractivity contribution in [3.8, 4) is 11.5 Å². The predicted octanol–water partition coefficient (Wildman–Crippen LogP) is 6.09. The van der Waals surface area contributed by atoms with E-state index >= 15 is 0 Å². The van der Waals surface area contributed by atoms with E-state index in [0.29, 0.717) is 27.1 Å². The number of methoxy groups -OCH3 is 1. The average Bonchev–Trinajstić information content (AvgIpc) is 2.83. The molecule has 166 valence electrons.